The first kappa shape index (κ1) is 10.7. The summed E-state index contributed by atoms with van der Waals surface area (Å²) in [7, 11) is 0. The fraction of sp³-hybridized carbons (Fsp3) is 0.0667. The standard InChI is InChI=1S/C15H12N2O/c1-11-13(10-18)9-16-17(11)15-8-4-6-12-5-2-3-7-14(12)15/h2-10H,1H3. The van der Waals surface area contributed by atoms with Gasteiger partial charge in [0, 0.05) is 5.39 Å². The Morgan fingerprint density at radius 1 is 1.11 bits per heavy atom. The van der Waals surface area contributed by atoms with E-state index in [1.165, 1.54) is 0 Å². The van der Waals surface area contributed by atoms with Gasteiger partial charge in [0.1, 0.15) is 0 Å². The van der Waals surface area contributed by atoms with Crippen LogP contribution in [-0.2, 0) is 0 Å². The highest BCUT2D eigenvalue weighted by Crippen LogP contribution is 2.23. The van der Waals surface area contributed by atoms with Crippen LogP contribution in [-0.4, -0.2) is 16.1 Å². The van der Waals surface area contributed by atoms with Gasteiger partial charge in [0.15, 0.2) is 6.29 Å². The molecular formula is C15H12N2O. The van der Waals surface area contributed by atoms with E-state index in [9.17, 15) is 4.79 Å². The lowest BCUT2D eigenvalue weighted by molar-refractivity contribution is 0.112. The van der Waals surface area contributed by atoms with Crippen LogP contribution >= 0.6 is 0 Å². The summed E-state index contributed by atoms with van der Waals surface area (Å²) in [6.45, 7) is 1.90. The molecule has 0 bridgehead atoms. The number of nitrogens with zero attached hydrogens (tertiary/aromatic N) is 2. The maximum Gasteiger partial charge on any atom is 0.153 e. The smallest absolute Gasteiger partial charge is 0.153 e. The molecule has 1 heterocycles. The lowest BCUT2D eigenvalue weighted by Crippen LogP contribution is -2.00. The second-order valence-corrected chi connectivity index (χ2v) is 4.21. The molecule has 1 aromatic heterocycles. The van der Waals surface area contributed by atoms with Crippen LogP contribution in [0.3, 0.4) is 0 Å². The Balaban J connectivity index is 2.31. The summed E-state index contributed by atoms with van der Waals surface area (Å²) in [6.07, 6.45) is 2.44. The third-order valence-electron chi connectivity index (χ3n) is 3.17. The van der Waals surface area contributed by atoms with E-state index in [-0.39, 0.29) is 0 Å². The van der Waals surface area contributed by atoms with Crippen molar-refractivity contribution in [3.8, 4) is 5.69 Å². The highest BCUT2D eigenvalue weighted by Gasteiger charge is 2.09. The van der Waals surface area contributed by atoms with Gasteiger partial charge in [-0.2, -0.15) is 5.10 Å². The van der Waals surface area contributed by atoms with Crippen LogP contribution in [0.1, 0.15) is 16.1 Å². The summed E-state index contributed by atoms with van der Waals surface area (Å²) < 4.78 is 1.81. The monoisotopic (exact) mass is 236 g/mol. The Morgan fingerprint density at radius 2 is 1.89 bits per heavy atom. The van der Waals surface area contributed by atoms with Gasteiger partial charge in [0.25, 0.3) is 0 Å². The topological polar surface area (TPSA) is 34.9 Å². The Labute approximate surface area is 105 Å². The van der Waals surface area contributed by atoms with Crippen molar-refractivity contribution in [1.29, 1.82) is 0 Å². The molecule has 0 fully saturated rings. The molecule has 0 saturated carbocycles. The third-order valence-corrected chi connectivity index (χ3v) is 3.17. The molecule has 3 rings (SSSR count). The zero-order valence-electron chi connectivity index (χ0n) is 10.00. The number of fused-ring (bicyclic) bond motifs is 1. The minimum absolute atomic E-state index is 0.628. The zero-order valence-corrected chi connectivity index (χ0v) is 10.00. The van der Waals surface area contributed by atoms with Gasteiger partial charge < -0.3 is 0 Å². The van der Waals surface area contributed by atoms with Crippen molar-refractivity contribution in [2.24, 2.45) is 0 Å². The molecule has 0 unspecified atom stereocenters. The van der Waals surface area contributed by atoms with Gasteiger partial charge in [0.05, 0.1) is 23.1 Å². The fourth-order valence-electron chi connectivity index (χ4n) is 2.17. The summed E-state index contributed by atoms with van der Waals surface area (Å²) in [5.41, 5.74) is 2.49. The van der Waals surface area contributed by atoms with Crippen LogP contribution in [0.15, 0.2) is 48.7 Å². The van der Waals surface area contributed by atoms with Gasteiger partial charge in [-0.15, -0.1) is 0 Å². The third kappa shape index (κ3) is 1.52. The van der Waals surface area contributed by atoms with Gasteiger partial charge >= 0.3 is 0 Å². The molecule has 0 amide bonds. The molecule has 88 valence electrons. The van der Waals surface area contributed by atoms with E-state index in [0.717, 1.165) is 28.4 Å². The first-order valence-electron chi connectivity index (χ1n) is 5.79. The average Bonchev–Trinajstić information content (AvgIpc) is 2.79. The number of benzene rings is 2. The number of aldehydes is 1. The lowest BCUT2D eigenvalue weighted by atomic mass is 10.1. The quantitative estimate of drug-likeness (QED) is 0.641. The number of rotatable bonds is 2. The first-order valence-corrected chi connectivity index (χ1v) is 5.79. The minimum atomic E-state index is 0.628. The highest BCUT2D eigenvalue weighted by molar-refractivity contribution is 5.90. The SMILES string of the molecule is Cc1c(C=O)cnn1-c1cccc2ccccc12. The van der Waals surface area contributed by atoms with Crippen molar-refractivity contribution in [2.75, 3.05) is 0 Å². The number of hydrogen-bond donors (Lipinski definition) is 0. The van der Waals surface area contributed by atoms with Crippen LogP contribution in [0.4, 0.5) is 0 Å². The lowest BCUT2D eigenvalue weighted by Gasteiger charge is -2.08. The summed E-state index contributed by atoms with van der Waals surface area (Å²) in [5, 5.41) is 6.59. The Hall–Kier alpha value is -2.42. The molecule has 0 saturated heterocycles. The fourth-order valence-corrected chi connectivity index (χ4v) is 2.17. The molecule has 0 aliphatic rings. The molecule has 3 heteroatoms. The van der Waals surface area contributed by atoms with Crippen LogP contribution in [0.25, 0.3) is 16.5 Å². The molecule has 18 heavy (non-hydrogen) atoms. The van der Waals surface area contributed by atoms with E-state index in [1.54, 1.807) is 6.20 Å². The number of aromatic nitrogens is 2. The second kappa shape index (κ2) is 4.11. The van der Waals surface area contributed by atoms with E-state index in [4.69, 9.17) is 0 Å². The maximum absolute atomic E-state index is 10.9. The van der Waals surface area contributed by atoms with Gasteiger partial charge in [-0.3, -0.25) is 4.79 Å². The van der Waals surface area contributed by atoms with E-state index in [1.807, 2.05) is 35.9 Å². The van der Waals surface area contributed by atoms with Crippen molar-refractivity contribution in [3.05, 3.63) is 59.9 Å². The molecule has 0 atom stereocenters. The summed E-state index contributed by atoms with van der Waals surface area (Å²) in [4.78, 5) is 10.9. The van der Waals surface area contributed by atoms with Crippen molar-refractivity contribution < 1.29 is 4.79 Å². The van der Waals surface area contributed by atoms with Gasteiger partial charge in [-0.25, -0.2) is 4.68 Å². The van der Waals surface area contributed by atoms with Crippen molar-refractivity contribution in [1.82, 2.24) is 9.78 Å². The van der Waals surface area contributed by atoms with Crippen LogP contribution < -0.4 is 0 Å². The van der Waals surface area contributed by atoms with Gasteiger partial charge in [-0.05, 0) is 18.4 Å². The minimum Gasteiger partial charge on any atom is -0.298 e. The number of carbonyl (C=O) groups is 1. The van der Waals surface area contributed by atoms with Crippen LogP contribution in [0.5, 0.6) is 0 Å². The van der Waals surface area contributed by atoms with Crippen LogP contribution in [0.2, 0.25) is 0 Å². The summed E-state index contributed by atoms with van der Waals surface area (Å²) in [6, 6.07) is 14.2. The molecule has 0 N–H and O–H groups in total. The predicted molar refractivity (Wildman–Crippen MR) is 71.2 cm³/mol. The summed E-state index contributed by atoms with van der Waals surface area (Å²) in [5.74, 6) is 0. The molecule has 2 aromatic carbocycles. The number of hydrogen-bond acceptors (Lipinski definition) is 2. The molecule has 3 nitrogen and oxygen atoms in total. The molecule has 0 radical (unpaired) electrons. The van der Waals surface area contributed by atoms with E-state index in [2.05, 4.69) is 23.3 Å². The molecule has 0 aliphatic heterocycles. The Bertz CT molecular complexity index is 723. The average molecular weight is 236 g/mol. The van der Waals surface area contributed by atoms with E-state index >= 15 is 0 Å². The first-order chi connectivity index (χ1) is 8.81. The van der Waals surface area contributed by atoms with Crippen molar-refractivity contribution >= 4 is 17.1 Å². The molecule has 0 spiro atoms. The largest absolute Gasteiger partial charge is 0.298 e. The van der Waals surface area contributed by atoms with Crippen molar-refractivity contribution in [3.63, 3.8) is 0 Å². The Morgan fingerprint density at radius 3 is 2.67 bits per heavy atom. The predicted octanol–water partition coefficient (Wildman–Crippen LogP) is 3.15. The van der Waals surface area contributed by atoms with E-state index < -0.39 is 0 Å². The van der Waals surface area contributed by atoms with Gasteiger partial charge in [-0.1, -0.05) is 36.4 Å². The summed E-state index contributed by atoms with van der Waals surface area (Å²) >= 11 is 0. The molecular weight excluding hydrogens is 224 g/mol. The zero-order chi connectivity index (χ0) is 12.5. The molecule has 3 aromatic rings. The normalized spacial score (nSPS) is 10.7. The van der Waals surface area contributed by atoms with E-state index in [0.29, 0.717) is 5.56 Å². The maximum atomic E-state index is 10.9. The molecule has 0 aliphatic carbocycles. The number of carbonyl (C=O) groups excluding carboxylic acids is 1. The van der Waals surface area contributed by atoms with Crippen LogP contribution in [0, 0.1) is 6.92 Å². The Kier molecular flexibility index (Phi) is 2.45. The van der Waals surface area contributed by atoms with Crippen molar-refractivity contribution in [2.45, 2.75) is 6.92 Å². The highest BCUT2D eigenvalue weighted by atomic mass is 16.1. The van der Waals surface area contributed by atoms with Gasteiger partial charge in [0.2, 0.25) is 0 Å². The second-order valence-electron chi connectivity index (χ2n) is 4.21.